The monoisotopic (exact) mass is 211 g/mol. The van der Waals surface area contributed by atoms with Gasteiger partial charge in [0.05, 0.1) is 0 Å². The summed E-state index contributed by atoms with van der Waals surface area (Å²) in [5.74, 6) is 2.82. The van der Waals surface area contributed by atoms with Crippen LogP contribution in [-0.4, -0.2) is 13.1 Å². The molecule has 1 rings (SSSR count). The minimum Gasteiger partial charge on any atom is -0.317 e. The highest BCUT2D eigenvalue weighted by Crippen LogP contribution is 2.32. The van der Waals surface area contributed by atoms with E-state index in [1.165, 1.54) is 45.1 Å². The topological polar surface area (TPSA) is 12.0 Å². The first-order chi connectivity index (χ1) is 7.24. The molecular formula is C14H29N. The number of rotatable bonds is 5. The van der Waals surface area contributed by atoms with Crippen molar-refractivity contribution in [3.8, 4) is 0 Å². The van der Waals surface area contributed by atoms with E-state index in [2.05, 4.69) is 26.1 Å². The fourth-order valence-electron chi connectivity index (χ4n) is 2.98. The predicted molar refractivity (Wildman–Crippen MR) is 68.1 cm³/mol. The molecule has 1 heteroatoms. The average Bonchev–Trinajstić information content (AvgIpc) is 2.40. The number of hydrogen-bond acceptors (Lipinski definition) is 1. The average molecular weight is 211 g/mol. The zero-order valence-corrected chi connectivity index (χ0v) is 10.9. The van der Waals surface area contributed by atoms with Gasteiger partial charge in [-0.25, -0.2) is 0 Å². The van der Waals surface area contributed by atoms with Gasteiger partial charge in [-0.05, 0) is 43.7 Å². The van der Waals surface area contributed by atoms with E-state index < -0.39 is 0 Å². The SMILES string of the molecule is CCNCC1CCCCCC1CC(C)C. The summed E-state index contributed by atoms with van der Waals surface area (Å²) in [5.41, 5.74) is 0. The molecular weight excluding hydrogens is 182 g/mol. The Balaban J connectivity index is 2.43. The minimum atomic E-state index is 0.872. The molecule has 0 aromatic rings. The van der Waals surface area contributed by atoms with Gasteiger partial charge < -0.3 is 5.32 Å². The summed E-state index contributed by atoms with van der Waals surface area (Å²) in [6.07, 6.45) is 8.79. The molecule has 0 aliphatic heterocycles. The zero-order chi connectivity index (χ0) is 11.1. The fraction of sp³-hybridized carbons (Fsp3) is 1.00. The van der Waals surface area contributed by atoms with Crippen LogP contribution < -0.4 is 5.32 Å². The molecule has 15 heavy (non-hydrogen) atoms. The molecule has 1 nitrogen and oxygen atoms in total. The minimum absolute atomic E-state index is 0.872. The van der Waals surface area contributed by atoms with Crippen molar-refractivity contribution in [2.24, 2.45) is 17.8 Å². The Labute approximate surface area is 96.0 Å². The van der Waals surface area contributed by atoms with E-state index in [0.717, 1.165) is 24.3 Å². The molecule has 0 amide bonds. The molecule has 2 atom stereocenters. The largest absolute Gasteiger partial charge is 0.317 e. The molecule has 0 aromatic heterocycles. The Hall–Kier alpha value is -0.0400. The second kappa shape index (κ2) is 7.27. The smallest absolute Gasteiger partial charge is 0.00180 e. The maximum absolute atomic E-state index is 3.55. The van der Waals surface area contributed by atoms with Gasteiger partial charge in [-0.15, -0.1) is 0 Å². The van der Waals surface area contributed by atoms with E-state index in [4.69, 9.17) is 0 Å². The summed E-state index contributed by atoms with van der Waals surface area (Å²) in [4.78, 5) is 0. The quantitative estimate of drug-likeness (QED) is 0.681. The van der Waals surface area contributed by atoms with E-state index in [9.17, 15) is 0 Å². The molecule has 0 radical (unpaired) electrons. The van der Waals surface area contributed by atoms with Gasteiger partial charge >= 0.3 is 0 Å². The molecule has 1 saturated carbocycles. The van der Waals surface area contributed by atoms with Crippen molar-refractivity contribution in [1.82, 2.24) is 5.32 Å². The van der Waals surface area contributed by atoms with Crippen molar-refractivity contribution in [3.63, 3.8) is 0 Å². The van der Waals surface area contributed by atoms with Crippen LogP contribution in [0.2, 0.25) is 0 Å². The van der Waals surface area contributed by atoms with E-state index in [0.29, 0.717) is 0 Å². The third-order valence-corrected chi connectivity index (χ3v) is 3.75. The summed E-state index contributed by atoms with van der Waals surface area (Å²) in [6.45, 7) is 9.34. The lowest BCUT2D eigenvalue weighted by molar-refractivity contribution is 0.258. The fourth-order valence-corrected chi connectivity index (χ4v) is 2.98. The Morgan fingerprint density at radius 3 is 2.33 bits per heavy atom. The molecule has 1 N–H and O–H groups in total. The number of nitrogens with one attached hydrogen (secondary N) is 1. The van der Waals surface area contributed by atoms with Gasteiger partial charge in [-0.2, -0.15) is 0 Å². The lowest BCUT2D eigenvalue weighted by Crippen LogP contribution is -2.28. The van der Waals surface area contributed by atoms with Gasteiger partial charge in [0.2, 0.25) is 0 Å². The van der Waals surface area contributed by atoms with Crippen LogP contribution in [0.25, 0.3) is 0 Å². The lowest BCUT2D eigenvalue weighted by atomic mass is 9.82. The van der Waals surface area contributed by atoms with Crippen LogP contribution in [0.3, 0.4) is 0 Å². The van der Waals surface area contributed by atoms with Crippen molar-refractivity contribution in [2.45, 2.75) is 59.3 Å². The summed E-state index contributed by atoms with van der Waals surface area (Å²) < 4.78 is 0. The van der Waals surface area contributed by atoms with Gasteiger partial charge in [0.1, 0.15) is 0 Å². The molecule has 0 heterocycles. The van der Waals surface area contributed by atoms with Crippen LogP contribution in [0, 0.1) is 17.8 Å². The van der Waals surface area contributed by atoms with Gasteiger partial charge in [-0.1, -0.05) is 46.5 Å². The van der Waals surface area contributed by atoms with Crippen molar-refractivity contribution in [1.29, 1.82) is 0 Å². The third kappa shape index (κ3) is 5.01. The van der Waals surface area contributed by atoms with Gasteiger partial charge in [-0.3, -0.25) is 0 Å². The molecule has 0 aromatic carbocycles. The molecule has 90 valence electrons. The molecule has 0 spiro atoms. The van der Waals surface area contributed by atoms with Crippen LogP contribution in [0.4, 0.5) is 0 Å². The predicted octanol–water partition coefficient (Wildman–Crippen LogP) is 3.84. The highest BCUT2D eigenvalue weighted by molar-refractivity contribution is 4.76. The summed E-state index contributed by atoms with van der Waals surface area (Å²) in [5, 5.41) is 3.55. The highest BCUT2D eigenvalue weighted by atomic mass is 14.8. The molecule has 1 aliphatic carbocycles. The van der Waals surface area contributed by atoms with Crippen LogP contribution in [0.15, 0.2) is 0 Å². The van der Waals surface area contributed by atoms with Gasteiger partial charge in [0.25, 0.3) is 0 Å². The summed E-state index contributed by atoms with van der Waals surface area (Å²) in [6, 6.07) is 0. The molecule has 1 fully saturated rings. The van der Waals surface area contributed by atoms with Crippen LogP contribution >= 0.6 is 0 Å². The Kier molecular flexibility index (Phi) is 6.31. The van der Waals surface area contributed by atoms with Crippen molar-refractivity contribution in [3.05, 3.63) is 0 Å². The van der Waals surface area contributed by atoms with Gasteiger partial charge in [0, 0.05) is 0 Å². The molecule has 0 saturated heterocycles. The first-order valence-corrected chi connectivity index (χ1v) is 6.94. The third-order valence-electron chi connectivity index (χ3n) is 3.75. The maximum Gasteiger partial charge on any atom is -0.00180 e. The van der Waals surface area contributed by atoms with Crippen molar-refractivity contribution >= 4 is 0 Å². The van der Waals surface area contributed by atoms with E-state index in [1.807, 2.05) is 0 Å². The summed E-state index contributed by atoms with van der Waals surface area (Å²) >= 11 is 0. The van der Waals surface area contributed by atoms with Crippen molar-refractivity contribution in [2.75, 3.05) is 13.1 Å². The van der Waals surface area contributed by atoms with Crippen LogP contribution in [-0.2, 0) is 0 Å². The summed E-state index contributed by atoms with van der Waals surface area (Å²) in [7, 11) is 0. The molecule has 0 bridgehead atoms. The maximum atomic E-state index is 3.55. The Morgan fingerprint density at radius 1 is 1.07 bits per heavy atom. The first kappa shape index (κ1) is 13.0. The molecule has 2 unspecified atom stereocenters. The standard InChI is InChI=1S/C14H29N/c1-4-15-11-14-9-7-5-6-8-13(14)10-12(2)3/h12-15H,4-11H2,1-3H3. The van der Waals surface area contributed by atoms with E-state index >= 15 is 0 Å². The van der Waals surface area contributed by atoms with Crippen molar-refractivity contribution < 1.29 is 0 Å². The van der Waals surface area contributed by atoms with Crippen LogP contribution in [0.5, 0.6) is 0 Å². The van der Waals surface area contributed by atoms with Gasteiger partial charge in [0.15, 0.2) is 0 Å². The Bertz CT molecular complexity index is 153. The number of hydrogen-bond donors (Lipinski definition) is 1. The first-order valence-electron chi connectivity index (χ1n) is 6.94. The highest BCUT2D eigenvalue weighted by Gasteiger charge is 2.23. The second-order valence-corrected chi connectivity index (χ2v) is 5.60. The Morgan fingerprint density at radius 2 is 1.73 bits per heavy atom. The second-order valence-electron chi connectivity index (χ2n) is 5.60. The molecule has 1 aliphatic rings. The normalized spacial score (nSPS) is 28.0. The van der Waals surface area contributed by atoms with E-state index in [1.54, 1.807) is 0 Å². The van der Waals surface area contributed by atoms with E-state index in [-0.39, 0.29) is 0 Å². The zero-order valence-electron chi connectivity index (χ0n) is 10.9. The van der Waals surface area contributed by atoms with Crippen LogP contribution in [0.1, 0.15) is 59.3 Å². The lowest BCUT2D eigenvalue weighted by Gasteiger charge is -2.26.